The van der Waals surface area contributed by atoms with Crippen molar-refractivity contribution in [1.82, 2.24) is 0 Å². The molecule has 1 saturated carbocycles. The minimum Gasteiger partial charge on any atom is -0.456 e. The molecule has 1 saturated heterocycles. The van der Waals surface area contributed by atoms with Crippen LogP contribution in [0.3, 0.4) is 0 Å². The normalized spacial score (nSPS) is 41.9. The highest BCUT2D eigenvalue weighted by Gasteiger charge is 2.45. The lowest BCUT2D eigenvalue weighted by Gasteiger charge is -2.45. The summed E-state index contributed by atoms with van der Waals surface area (Å²) in [5.41, 5.74) is -1.31. The first-order chi connectivity index (χ1) is 9.32. The maximum Gasteiger partial charge on any atom is 0.346 e. The van der Waals surface area contributed by atoms with E-state index in [-0.39, 0.29) is 17.1 Å². The molecule has 1 aliphatic carbocycles. The Kier molecular flexibility index (Phi) is 5.30. The lowest BCUT2D eigenvalue weighted by molar-refractivity contribution is -0.180. The molecule has 3 nitrogen and oxygen atoms in total. The van der Waals surface area contributed by atoms with Gasteiger partial charge in [0.2, 0.25) is 5.44 Å². The summed E-state index contributed by atoms with van der Waals surface area (Å²) in [6.07, 6.45) is 3.27. The van der Waals surface area contributed by atoms with Gasteiger partial charge < -0.3 is 9.47 Å². The molecule has 1 heterocycles. The van der Waals surface area contributed by atoms with Crippen LogP contribution in [0.25, 0.3) is 0 Å². The number of rotatable bonds is 3. The highest BCUT2D eigenvalue weighted by molar-refractivity contribution is 8.00. The quantitative estimate of drug-likeness (QED) is 0.581. The summed E-state index contributed by atoms with van der Waals surface area (Å²) in [6, 6.07) is 0. The van der Waals surface area contributed by atoms with E-state index in [2.05, 4.69) is 27.7 Å². The van der Waals surface area contributed by atoms with Crippen LogP contribution in [0.1, 0.15) is 47.0 Å². The van der Waals surface area contributed by atoms with Crippen molar-refractivity contribution in [3.63, 3.8) is 0 Å². The first-order valence-corrected chi connectivity index (χ1v) is 8.94. The van der Waals surface area contributed by atoms with Crippen molar-refractivity contribution in [3.8, 4) is 0 Å². The fraction of sp³-hybridized carbons (Fsp3) is 0.933. The van der Waals surface area contributed by atoms with Crippen molar-refractivity contribution < 1.29 is 14.3 Å². The van der Waals surface area contributed by atoms with Crippen LogP contribution in [0.15, 0.2) is 0 Å². The zero-order valence-corrected chi connectivity index (χ0v) is 14.3. The molecule has 0 aromatic heterocycles. The lowest BCUT2D eigenvalue weighted by Crippen LogP contribution is -2.47. The van der Waals surface area contributed by atoms with E-state index in [1.807, 2.05) is 0 Å². The summed E-state index contributed by atoms with van der Waals surface area (Å²) in [5.74, 6) is 1.90. The van der Waals surface area contributed by atoms with Crippen molar-refractivity contribution in [1.29, 1.82) is 0 Å². The fourth-order valence-electron chi connectivity index (χ4n) is 3.65. The standard InChI is InChI=1S/C15H25ClO3S/c1-9(2)11-6-5-10(3)7-15(11,4)19-13(17)14-18-12(16)8-20-14/h9-12,14H,5-8H2,1-4H3/t10-,11+,12?,14+,15-/m1/s1. The Morgan fingerprint density at radius 3 is 2.70 bits per heavy atom. The van der Waals surface area contributed by atoms with Gasteiger partial charge in [-0.25, -0.2) is 4.79 Å². The SMILES string of the molecule is CC(C)[C@@H]1CC[C@@H](C)C[C@@]1(C)OC(=O)[C@H]1OC(Cl)CS1. The number of hydrogen-bond acceptors (Lipinski definition) is 4. The number of carbonyl (C=O) groups is 1. The van der Waals surface area contributed by atoms with Gasteiger partial charge in [-0.05, 0) is 31.6 Å². The molecule has 2 rings (SSSR count). The van der Waals surface area contributed by atoms with Gasteiger partial charge in [0.1, 0.15) is 11.2 Å². The summed E-state index contributed by atoms with van der Waals surface area (Å²) in [4.78, 5) is 12.3. The molecule has 0 spiro atoms. The second kappa shape index (κ2) is 6.45. The lowest BCUT2D eigenvalue weighted by atomic mass is 9.68. The molecule has 0 amide bonds. The van der Waals surface area contributed by atoms with Crippen molar-refractivity contribution in [2.75, 3.05) is 5.75 Å². The van der Waals surface area contributed by atoms with Crippen LogP contribution >= 0.6 is 23.4 Å². The maximum atomic E-state index is 12.3. The summed E-state index contributed by atoms with van der Waals surface area (Å²) in [7, 11) is 0. The van der Waals surface area contributed by atoms with E-state index < -0.39 is 5.44 Å². The summed E-state index contributed by atoms with van der Waals surface area (Å²) < 4.78 is 11.3. The van der Waals surface area contributed by atoms with Crippen molar-refractivity contribution in [3.05, 3.63) is 0 Å². The smallest absolute Gasteiger partial charge is 0.346 e. The molecule has 116 valence electrons. The monoisotopic (exact) mass is 320 g/mol. The van der Waals surface area contributed by atoms with Crippen LogP contribution in [0.5, 0.6) is 0 Å². The van der Waals surface area contributed by atoms with Gasteiger partial charge in [0.15, 0.2) is 0 Å². The van der Waals surface area contributed by atoms with E-state index in [0.717, 1.165) is 12.8 Å². The summed E-state index contributed by atoms with van der Waals surface area (Å²) in [6.45, 7) is 8.74. The fourth-order valence-corrected chi connectivity index (χ4v) is 4.83. The number of carbonyl (C=O) groups excluding carboxylic acids is 1. The average Bonchev–Trinajstić information content (AvgIpc) is 2.74. The number of thioether (sulfide) groups is 1. The molecular weight excluding hydrogens is 296 g/mol. The molecule has 2 aliphatic rings. The van der Waals surface area contributed by atoms with Gasteiger partial charge in [-0.1, -0.05) is 38.8 Å². The molecule has 0 bridgehead atoms. The number of esters is 1. The van der Waals surface area contributed by atoms with Crippen LogP contribution < -0.4 is 0 Å². The molecule has 0 aromatic carbocycles. The van der Waals surface area contributed by atoms with Crippen molar-refractivity contribution >= 4 is 29.3 Å². The van der Waals surface area contributed by atoms with Gasteiger partial charge in [-0.3, -0.25) is 0 Å². The largest absolute Gasteiger partial charge is 0.456 e. The Morgan fingerprint density at radius 1 is 1.45 bits per heavy atom. The summed E-state index contributed by atoms with van der Waals surface area (Å²) >= 11 is 7.31. The topological polar surface area (TPSA) is 35.5 Å². The third-order valence-corrected chi connectivity index (χ3v) is 6.03. The van der Waals surface area contributed by atoms with Crippen LogP contribution in [0.4, 0.5) is 0 Å². The second-order valence-electron chi connectivity index (χ2n) is 6.68. The highest BCUT2D eigenvalue weighted by Crippen LogP contribution is 2.44. The van der Waals surface area contributed by atoms with E-state index in [9.17, 15) is 4.79 Å². The molecule has 0 N–H and O–H groups in total. The second-order valence-corrected chi connectivity index (χ2v) is 8.26. The number of alkyl halides is 1. The van der Waals surface area contributed by atoms with Gasteiger partial charge in [0, 0.05) is 11.7 Å². The van der Waals surface area contributed by atoms with Gasteiger partial charge in [-0.2, -0.15) is 0 Å². The summed E-state index contributed by atoms with van der Waals surface area (Å²) in [5, 5.41) is 0. The molecule has 1 unspecified atom stereocenters. The van der Waals surface area contributed by atoms with E-state index >= 15 is 0 Å². The molecule has 5 heteroatoms. The number of halogens is 1. The maximum absolute atomic E-state index is 12.3. The minimum atomic E-state index is -0.556. The molecule has 20 heavy (non-hydrogen) atoms. The average molecular weight is 321 g/mol. The van der Waals surface area contributed by atoms with E-state index in [1.54, 1.807) is 0 Å². The third-order valence-electron chi connectivity index (χ3n) is 4.49. The zero-order chi connectivity index (χ0) is 14.9. The van der Waals surface area contributed by atoms with E-state index in [0.29, 0.717) is 23.5 Å². The molecule has 1 aliphatic heterocycles. The van der Waals surface area contributed by atoms with Crippen LogP contribution in [-0.4, -0.2) is 28.3 Å². The third kappa shape index (κ3) is 3.63. The molecule has 2 fully saturated rings. The predicted molar refractivity (Wildman–Crippen MR) is 82.8 cm³/mol. The van der Waals surface area contributed by atoms with Gasteiger partial charge in [-0.15, -0.1) is 11.8 Å². The first-order valence-electron chi connectivity index (χ1n) is 7.46. The van der Waals surface area contributed by atoms with Gasteiger partial charge >= 0.3 is 5.97 Å². The van der Waals surface area contributed by atoms with Crippen LogP contribution in [0, 0.1) is 17.8 Å². The first kappa shape index (κ1) is 16.4. The minimum absolute atomic E-state index is 0.264. The van der Waals surface area contributed by atoms with Crippen LogP contribution in [0.2, 0.25) is 0 Å². The Morgan fingerprint density at radius 2 is 2.15 bits per heavy atom. The molecule has 0 aromatic rings. The van der Waals surface area contributed by atoms with Gasteiger partial charge in [0.05, 0.1) is 0 Å². The Hall–Kier alpha value is 0.0700. The number of ether oxygens (including phenoxy) is 2. The zero-order valence-electron chi connectivity index (χ0n) is 12.7. The highest BCUT2D eigenvalue weighted by atomic mass is 35.5. The van der Waals surface area contributed by atoms with Gasteiger partial charge in [0.25, 0.3) is 0 Å². The van der Waals surface area contributed by atoms with Crippen molar-refractivity contribution in [2.45, 2.75) is 63.6 Å². The Bertz CT molecular complexity index is 363. The Balaban J connectivity index is 2.04. The van der Waals surface area contributed by atoms with E-state index in [4.69, 9.17) is 21.1 Å². The Labute approximate surface area is 131 Å². The van der Waals surface area contributed by atoms with E-state index in [1.165, 1.54) is 18.2 Å². The van der Waals surface area contributed by atoms with Crippen molar-refractivity contribution in [2.24, 2.45) is 17.8 Å². The van der Waals surface area contributed by atoms with Crippen LogP contribution in [-0.2, 0) is 14.3 Å². The predicted octanol–water partition coefficient (Wildman–Crippen LogP) is 4.03. The molecule has 5 atom stereocenters. The molecular formula is C15H25ClO3S. The number of hydrogen-bond donors (Lipinski definition) is 0. The molecule has 0 radical (unpaired) electrons.